The molecule has 0 aliphatic carbocycles. The molecular weight excluding hydrogens is 230 g/mol. The maximum absolute atomic E-state index is 10.5. The molecule has 92 valence electrons. The summed E-state index contributed by atoms with van der Waals surface area (Å²) in [6, 6.07) is -0.877. The van der Waals surface area contributed by atoms with Gasteiger partial charge in [0.2, 0.25) is 0 Å². The quantitative estimate of drug-likeness (QED) is 0.745. The van der Waals surface area contributed by atoms with E-state index >= 15 is 0 Å². The lowest BCUT2D eigenvalue weighted by Gasteiger charge is -2.14. The molecule has 16 heavy (non-hydrogen) atoms. The van der Waals surface area contributed by atoms with E-state index < -0.39 is 12.0 Å². The maximum Gasteiger partial charge on any atom is 0.320 e. The van der Waals surface area contributed by atoms with Crippen molar-refractivity contribution in [1.29, 1.82) is 0 Å². The predicted octanol–water partition coefficient (Wildman–Crippen LogP) is 1.08. The molecule has 1 atom stereocenters. The van der Waals surface area contributed by atoms with Crippen molar-refractivity contribution in [2.75, 3.05) is 0 Å². The molecule has 1 aromatic heterocycles. The molecule has 0 aromatic carbocycles. The van der Waals surface area contributed by atoms with E-state index in [4.69, 9.17) is 10.8 Å². The summed E-state index contributed by atoms with van der Waals surface area (Å²) in [5.41, 5.74) is 6.11. The van der Waals surface area contributed by atoms with Gasteiger partial charge in [0.05, 0.1) is 0 Å². The number of aliphatic carboxylic acids is 1. The van der Waals surface area contributed by atoms with Gasteiger partial charge in [-0.05, 0) is 0 Å². The number of nitrogens with two attached hydrogens (primary N) is 1. The van der Waals surface area contributed by atoms with Crippen molar-refractivity contribution in [1.82, 2.24) is 9.97 Å². The number of H-pyrrole nitrogens is 1. The van der Waals surface area contributed by atoms with Gasteiger partial charge in [-0.3, -0.25) is 4.79 Å². The highest BCUT2D eigenvalue weighted by atomic mass is 35.5. The van der Waals surface area contributed by atoms with E-state index in [1.165, 1.54) is 0 Å². The Morgan fingerprint density at radius 1 is 1.62 bits per heavy atom. The van der Waals surface area contributed by atoms with Crippen molar-refractivity contribution < 1.29 is 9.90 Å². The van der Waals surface area contributed by atoms with Crippen molar-refractivity contribution in [3.8, 4) is 0 Å². The molecule has 5 nitrogen and oxygen atoms in total. The van der Waals surface area contributed by atoms with Gasteiger partial charge in [-0.1, -0.05) is 20.8 Å². The standard InChI is InChI=1S/C10H17N3O2.ClH/c1-10(2,3)9-12-5-6(13-9)4-7(11)8(14)15;/h5,7H,4,11H2,1-3H3,(H,12,13)(H,14,15);1H/t7-;/m0./s1. The van der Waals surface area contributed by atoms with Crippen molar-refractivity contribution in [3.63, 3.8) is 0 Å². The highest BCUT2D eigenvalue weighted by Crippen LogP contribution is 2.18. The predicted molar refractivity (Wildman–Crippen MR) is 63.9 cm³/mol. The highest BCUT2D eigenvalue weighted by Gasteiger charge is 2.19. The lowest BCUT2D eigenvalue weighted by molar-refractivity contribution is -0.138. The Labute approximate surface area is 101 Å². The molecule has 0 radical (unpaired) electrons. The van der Waals surface area contributed by atoms with Gasteiger partial charge in [-0.25, -0.2) is 4.98 Å². The molecule has 0 unspecified atom stereocenters. The zero-order valence-corrected chi connectivity index (χ0v) is 10.5. The number of imidazole rings is 1. The van der Waals surface area contributed by atoms with Gasteiger partial charge in [0, 0.05) is 23.7 Å². The van der Waals surface area contributed by atoms with E-state index in [1.54, 1.807) is 6.20 Å². The molecule has 4 N–H and O–H groups in total. The number of nitrogens with one attached hydrogen (secondary N) is 1. The maximum atomic E-state index is 10.5. The summed E-state index contributed by atoms with van der Waals surface area (Å²) in [7, 11) is 0. The normalized spacial score (nSPS) is 13.0. The topological polar surface area (TPSA) is 92.0 Å². The van der Waals surface area contributed by atoms with Crippen LogP contribution in [0.5, 0.6) is 0 Å². The van der Waals surface area contributed by atoms with Crippen LogP contribution in [-0.2, 0) is 16.6 Å². The minimum Gasteiger partial charge on any atom is -0.480 e. The number of hydrogen-bond acceptors (Lipinski definition) is 3. The molecule has 0 saturated carbocycles. The van der Waals surface area contributed by atoms with E-state index in [-0.39, 0.29) is 24.2 Å². The minimum atomic E-state index is -0.998. The number of carbonyl (C=O) groups is 1. The van der Waals surface area contributed by atoms with Crippen LogP contribution >= 0.6 is 12.4 Å². The third-order valence-corrected chi connectivity index (χ3v) is 2.10. The van der Waals surface area contributed by atoms with Gasteiger partial charge in [0.15, 0.2) is 0 Å². The number of carboxylic acids is 1. The highest BCUT2D eigenvalue weighted by molar-refractivity contribution is 5.85. The average Bonchev–Trinajstić information content (AvgIpc) is 2.51. The van der Waals surface area contributed by atoms with E-state index in [9.17, 15) is 4.79 Å². The van der Waals surface area contributed by atoms with E-state index in [0.29, 0.717) is 0 Å². The minimum absolute atomic E-state index is 0. The second kappa shape index (κ2) is 5.32. The fourth-order valence-electron chi connectivity index (χ4n) is 1.17. The van der Waals surface area contributed by atoms with Crippen LogP contribution in [0, 0.1) is 0 Å². The Morgan fingerprint density at radius 3 is 2.56 bits per heavy atom. The molecular formula is C10H18ClN3O2. The summed E-state index contributed by atoms with van der Waals surface area (Å²) in [5.74, 6) is -0.156. The van der Waals surface area contributed by atoms with Crippen molar-refractivity contribution >= 4 is 18.4 Å². The molecule has 6 heteroatoms. The molecule has 1 aromatic rings. The number of nitrogens with zero attached hydrogens (tertiary/aromatic N) is 1. The summed E-state index contributed by atoms with van der Waals surface area (Å²) in [6.07, 6.45) is 1.92. The monoisotopic (exact) mass is 247 g/mol. The third kappa shape index (κ3) is 3.83. The molecule has 0 amide bonds. The fourth-order valence-corrected chi connectivity index (χ4v) is 1.17. The number of carboxylic acid groups (broad SMARTS) is 1. The van der Waals surface area contributed by atoms with E-state index in [1.807, 2.05) is 20.8 Å². The first-order chi connectivity index (χ1) is 6.80. The summed E-state index contributed by atoms with van der Waals surface area (Å²) in [4.78, 5) is 17.8. The van der Waals surface area contributed by atoms with Gasteiger partial charge in [-0.2, -0.15) is 0 Å². The third-order valence-electron chi connectivity index (χ3n) is 2.10. The second-order valence-electron chi connectivity index (χ2n) is 4.66. The summed E-state index contributed by atoms with van der Waals surface area (Å²) >= 11 is 0. The van der Waals surface area contributed by atoms with Gasteiger partial charge >= 0.3 is 5.97 Å². The van der Waals surface area contributed by atoms with Gasteiger partial charge in [0.1, 0.15) is 11.9 Å². The Morgan fingerprint density at radius 2 is 2.19 bits per heavy atom. The summed E-state index contributed by atoms with van der Waals surface area (Å²) < 4.78 is 0. The Hall–Kier alpha value is -1.07. The van der Waals surface area contributed by atoms with E-state index in [2.05, 4.69) is 9.97 Å². The van der Waals surface area contributed by atoms with Gasteiger partial charge in [-0.15, -0.1) is 12.4 Å². The van der Waals surface area contributed by atoms with Crippen molar-refractivity contribution in [2.45, 2.75) is 38.6 Å². The van der Waals surface area contributed by atoms with Gasteiger partial charge in [0.25, 0.3) is 0 Å². The largest absolute Gasteiger partial charge is 0.480 e. The first-order valence-electron chi connectivity index (χ1n) is 4.83. The zero-order chi connectivity index (χ0) is 11.6. The number of aromatic nitrogens is 2. The molecule has 1 heterocycles. The van der Waals surface area contributed by atoms with Crippen molar-refractivity contribution in [2.24, 2.45) is 5.73 Å². The average molecular weight is 248 g/mol. The SMILES string of the molecule is CC(C)(C)c1ncc(C[C@H](N)C(=O)O)[nH]1.Cl. The molecule has 0 aliphatic heterocycles. The molecule has 0 spiro atoms. The number of halogens is 1. The first-order valence-corrected chi connectivity index (χ1v) is 4.83. The lowest BCUT2D eigenvalue weighted by atomic mass is 9.96. The summed E-state index contributed by atoms with van der Waals surface area (Å²) in [6.45, 7) is 6.10. The van der Waals surface area contributed by atoms with Crippen LogP contribution in [0.25, 0.3) is 0 Å². The molecule has 0 saturated heterocycles. The molecule has 0 aliphatic rings. The molecule has 1 rings (SSSR count). The first kappa shape index (κ1) is 14.9. The van der Waals surface area contributed by atoms with Crippen LogP contribution in [0.15, 0.2) is 6.20 Å². The fraction of sp³-hybridized carbons (Fsp3) is 0.600. The van der Waals surface area contributed by atoms with Crippen LogP contribution in [0.4, 0.5) is 0 Å². The van der Waals surface area contributed by atoms with Crippen LogP contribution < -0.4 is 5.73 Å². The van der Waals surface area contributed by atoms with Crippen LogP contribution in [0.3, 0.4) is 0 Å². The number of aromatic amines is 1. The van der Waals surface area contributed by atoms with E-state index in [0.717, 1.165) is 11.5 Å². The van der Waals surface area contributed by atoms with Crippen molar-refractivity contribution in [3.05, 3.63) is 17.7 Å². The summed E-state index contributed by atoms with van der Waals surface area (Å²) in [5, 5.41) is 8.65. The number of rotatable bonds is 3. The molecule has 0 bridgehead atoms. The Bertz CT molecular complexity index is 357. The smallest absolute Gasteiger partial charge is 0.320 e. The lowest BCUT2D eigenvalue weighted by Crippen LogP contribution is -2.32. The van der Waals surface area contributed by atoms with Crippen LogP contribution in [-0.4, -0.2) is 27.1 Å². The van der Waals surface area contributed by atoms with Crippen LogP contribution in [0.2, 0.25) is 0 Å². The van der Waals surface area contributed by atoms with Gasteiger partial charge < -0.3 is 15.8 Å². The Kier molecular flexibility index (Phi) is 4.96. The Balaban J connectivity index is 0.00000225. The zero-order valence-electron chi connectivity index (χ0n) is 9.65. The second-order valence-corrected chi connectivity index (χ2v) is 4.66. The molecule has 0 fully saturated rings. The number of hydrogen-bond donors (Lipinski definition) is 3. The van der Waals surface area contributed by atoms with Crippen LogP contribution in [0.1, 0.15) is 32.3 Å².